The Morgan fingerprint density at radius 2 is 2.15 bits per heavy atom. The summed E-state index contributed by atoms with van der Waals surface area (Å²) in [5.41, 5.74) is 0.641. The van der Waals surface area contributed by atoms with Crippen molar-refractivity contribution in [1.82, 2.24) is 4.90 Å². The molecule has 0 atom stereocenters. The van der Waals surface area contributed by atoms with Crippen LogP contribution >= 0.6 is 11.6 Å². The van der Waals surface area contributed by atoms with Gasteiger partial charge in [0.05, 0.1) is 5.02 Å². The van der Waals surface area contributed by atoms with Gasteiger partial charge in [-0.1, -0.05) is 17.7 Å². The SMILES string of the molecule is CCN(C)C(=O)COc1ccc(C=CC(=O)O)cc1Cl. The fourth-order valence-corrected chi connectivity index (χ4v) is 1.57. The summed E-state index contributed by atoms with van der Waals surface area (Å²) in [7, 11) is 1.69. The number of carbonyl (C=O) groups excluding carboxylic acids is 1. The molecule has 0 radical (unpaired) electrons. The van der Waals surface area contributed by atoms with E-state index in [1.54, 1.807) is 25.2 Å². The molecule has 108 valence electrons. The van der Waals surface area contributed by atoms with E-state index in [1.807, 2.05) is 6.92 Å². The Labute approximate surface area is 122 Å². The number of amides is 1. The Kier molecular flexibility index (Phi) is 6.06. The van der Waals surface area contributed by atoms with Gasteiger partial charge in [0.15, 0.2) is 6.61 Å². The van der Waals surface area contributed by atoms with E-state index < -0.39 is 5.97 Å². The van der Waals surface area contributed by atoms with Gasteiger partial charge in [0, 0.05) is 19.7 Å². The van der Waals surface area contributed by atoms with Crippen LogP contribution in [0.15, 0.2) is 24.3 Å². The molecule has 1 aromatic rings. The zero-order valence-corrected chi connectivity index (χ0v) is 12.1. The molecule has 0 aliphatic rings. The van der Waals surface area contributed by atoms with Crippen molar-refractivity contribution >= 4 is 29.6 Å². The molecule has 1 aromatic carbocycles. The first kappa shape index (κ1) is 16.0. The van der Waals surface area contributed by atoms with Crippen molar-refractivity contribution in [3.05, 3.63) is 34.9 Å². The minimum Gasteiger partial charge on any atom is -0.482 e. The van der Waals surface area contributed by atoms with Crippen LogP contribution in [-0.2, 0) is 9.59 Å². The second kappa shape index (κ2) is 7.55. The number of hydrogen-bond acceptors (Lipinski definition) is 3. The molecule has 0 unspecified atom stereocenters. The Morgan fingerprint density at radius 3 is 2.70 bits per heavy atom. The van der Waals surface area contributed by atoms with Crippen LogP contribution in [-0.4, -0.2) is 42.1 Å². The zero-order chi connectivity index (χ0) is 15.1. The predicted octanol–water partition coefficient (Wildman–Crippen LogP) is 2.29. The van der Waals surface area contributed by atoms with Crippen LogP contribution in [0.2, 0.25) is 5.02 Å². The van der Waals surface area contributed by atoms with Gasteiger partial charge < -0.3 is 14.7 Å². The maximum atomic E-state index is 11.6. The number of likely N-dealkylation sites (N-methyl/N-ethyl adjacent to an activating group) is 1. The first-order chi connectivity index (χ1) is 9.43. The lowest BCUT2D eigenvalue weighted by Crippen LogP contribution is -2.31. The highest BCUT2D eigenvalue weighted by Gasteiger charge is 2.09. The molecular weight excluding hydrogens is 282 g/mol. The van der Waals surface area contributed by atoms with Crippen molar-refractivity contribution in [3.63, 3.8) is 0 Å². The first-order valence-electron chi connectivity index (χ1n) is 6.01. The van der Waals surface area contributed by atoms with Crippen LogP contribution in [0.3, 0.4) is 0 Å². The van der Waals surface area contributed by atoms with Gasteiger partial charge in [-0.05, 0) is 30.7 Å². The summed E-state index contributed by atoms with van der Waals surface area (Å²) in [4.78, 5) is 23.5. The molecule has 5 nitrogen and oxygen atoms in total. The standard InChI is InChI=1S/C14H16ClNO4/c1-3-16(2)13(17)9-20-12-6-4-10(8-11(12)15)5-7-14(18)19/h4-8H,3,9H2,1-2H3,(H,18,19). The summed E-state index contributed by atoms with van der Waals surface area (Å²) in [6, 6.07) is 4.84. The maximum absolute atomic E-state index is 11.6. The van der Waals surface area contributed by atoms with E-state index in [0.29, 0.717) is 22.9 Å². The van der Waals surface area contributed by atoms with E-state index in [2.05, 4.69) is 0 Å². The number of aliphatic carboxylic acids is 1. The average molecular weight is 298 g/mol. The lowest BCUT2D eigenvalue weighted by atomic mass is 10.2. The van der Waals surface area contributed by atoms with Crippen LogP contribution < -0.4 is 4.74 Å². The normalized spacial score (nSPS) is 10.6. The lowest BCUT2D eigenvalue weighted by Gasteiger charge is -2.15. The van der Waals surface area contributed by atoms with E-state index in [0.717, 1.165) is 6.08 Å². The Morgan fingerprint density at radius 1 is 1.45 bits per heavy atom. The molecule has 0 aromatic heterocycles. The molecule has 1 rings (SSSR count). The van der Waals surface area contributed by atoms with Gasteiger partial charge in [0.2, 0.25) is 0 Å². The summed E-state index contributed by atoms with van der Waals surface area (Å²) < 4.78 is 5.34. The average Bonchev–Trinajstić information content (AvgIpc) is 2.42. The number of nitrogens with zero attached hydrogens (tertiary/aromatic N) is 1. The van der Waals surface area contributed by atoms with Gasteiger partial charge in [-0.2, -0.15) is 0 Å². The third-order valence-corrected chi connectivity index (χ3v) is 2.92. The number of rotatable bonds is 6. The summed E-state index contributed by atoms with van der Waals surface area (Å²) in [5.74, 6) is -0.787. The molecule has 0 aliphatic heterocycles. The smallest absolute Gasteiger partial charge is 0.328 e. The molecule has 1 amide bonds. The van der Waals surface area contributed by atoms with Crippen molar-refractivity contribution in [1.29, 1.82) is 0 Å². The van der Waals surface area contributed by atoms with Crippen LogP contribution in [0, 0.1) is 0 Å². The number of halogens is 1. The molecule has 0 heterocycles. The molecule has 1 N–H and O–H groups in total. The summed E-state index contributed by atoms with van der Waals surface area (Å²) in [6.45, 7) is 2.39. The van der Waals surface area contributed by atoms with Gasteiger partial charge in [0.1, 0.15) is 5.75 Å². The van der Waals surface area contributed by atoms with Crippen molar-refractivity contribution in [2.45, 2.75) is 6.92 Å². The number of carboxylic acids is 1. The largest absolute Gasteiger partial charge is 0.482 e. The number of benzene rings is 1. The van der Waals surface area contributed by atoms with Crippen LogP contribution in [0.5, 0.6) is 5.75 Å². The molecular formula is C14H16ClNO4. The predicted molar refractivity (Wildman–Crippen MR) is 76.9 cm³/mol. The van der Waals surface area contributed by atoms with Crippen molar-refractivity contribution in [2.24, 2.45) is 0 Å². The highest BCUT2D eigenvalue weighted by Crippen LogP contribution is 2.26. The third kappa shape index (κ3) is 4.93. The Bertz CT molecular complexity index is 528. The Balaban J connectivity index is 2.69. The maximum Gasteiger partial charge on any atom is 0.328 e. The number of carboxylic acid groups (broad SMARTS) is 1. The van der Waals surface area contributed by atoms with Gasteiger partial charge in [-0.25, -0.2) is 4.79 Å². The second-order valence-electron chi connectivity index (χ2n) is 4.06. The van der Waals surface area contributed by atoms with Crippen molar-refractivity contribution < 1.29 is 19.4 Å². The van der Waals surface area contributed by atoms with Crippen LogP contribution in [0.4, 0.5) is 0 Å². The minimum absolute atomic E-state index is 0.0889. The van der Waals surface area contributed by atoms with Crippen molar-refractivity contribution in [2.75, 3.05) is 20.2 Å². The number of hydrogen-bond donors (Lipinski definition) is 1. The molecule has 0 bridgehead atoms. The van der Waals surface area contributed by atoms with Gasteiger partial charge >= 0.3 is 5.97 Å². The number of ether oxygens (including phenoxy) is 1. The first-order valence-corrected chi connectivity index (χ1v) is 6.39. The monoisotopic (exact) mass is 297 g/mol. The van der Waals surface area contributed by atoms with Gasteiger partial charge in [-0.3, -0.25) is 4.79 Å². The van der Waals surface area contributed by atoms with E-state index in [1.165, 1.54) is 11.0 Å². The fraction of sp³-hybridized carbons (Fsp3) is 0.286. The van der Waals surface area contributed by atoms with E-state index >= 15 is 0 Å². The van der Waals surface area contributed by atoms with E-state index in [-0.39, 0.29) is 12.5 Å². The molecule has 0 saturated carbocycles. The second-order valence-corrected chi connectivity index (χ2v) is 4.47. The van der Waals surface area contributed by atoms with E-state index in [4.69, 9.17) is 21.4 Å². The Hall–Kier alpha value is -2.01. The van der Waals surface area contributed by atoms with Gasteiger partial charge in [-0.15, -0.1) is 0 Å². The topological polar surface area (TPSA) is 66.8 Å². The quantitative estimate of drug-likeness (QED) is 0.818. The summed E-state index contributed by atoms with van der Waals surface area (Å²) in [5, 5.41) is 8.86. The zero-order valence-electron chi connectivity index (χ0n) is 11.3. The molecule has 0 fully saturated rings. The highest BCUT2D eigenvalue weighted by molar-refractivity contribution is 6.32. The molecule has 20 heavy (non-hydrogen) atoms. The highest BCUT2D eigenvalue weighted by atomic mass is 35.5. The minimum atomic E-state index is -1.03. The van der Waals surface area contributed by atoms with Crippen LogP contribution in [0.1, 0.15) is 12.5 Å². The summed E-state index contributed by atoms with van der Waals surface area (Å²) >= 11 is 6.01. The summed E-state index contributed by atoms with van der Waals surface area (Å²) in [6.07, 6.45) is 2.44. The lowest BCUT2D eigenvalue weighted by molar-refractivity contribution is -0.132. The number of carbonyl (C=O) groups is 2. The molecule has 6 heteroatoms. The van der Waals surface area contributed by atoms with Crippen molar-refractivity contribution in [3.8, 4) is 5.75 Å². The fourth-order valence-electron chi connectivity index (χ4n) is 1.33. The van der Waals surface area contributed by atoms with E-state index in [9.17, 15) is 9.59 Å². The molecule has 0 spiro atoms. The van der Waals surface area contributed by atoms with Crippen LogP contribution in [0.25, 0.3) is 6.08 Å². The molecule has 0 saturated heterocycles. The van der Waals surface area contributed by atoms with Gasteiger partial charge in [0.25, 0.3) is 5.91 Å². The molecule has 0 aliphatic carbocycles. The third-order valence-electron chi connectivity index (χ3n) is 2.63.